The zero-order valence-corrected chi connectivity index (χ0v) is 10.3. The fraction of sp³-hybridized carbons (Fsp3) is 0.385. The topological polar surface area (TPSA) is 68.4 Å². The van der Waals surface area contributed by atoms with Crippen LogP contribution in [0.25, 0.3) is 0 Å². The minimum atomic E-state index is 0.000963. The van der Waals surface area contributed by atoms with Crippen LogP contribution in [0.3, 0.4) is 0 Å². The summed E-state index contributed by atoms with van der Waals surface area (Å²) in [5.74, 6) is 1.62. The Morgan fingerprint density at radius 2 is 1.89 bits per heavy atom. The van der Waals surface area contributed by atoms with Gasteiger partial charge in [-0.1, -0.05) is 19.1 Å². The molecule has 2 aromatic rings. The summed E-state index contributed by atoms with van der Waals surface area (Å²) in [4.78, 5) is 0. The van der Waals surface area contributed by atoms with Crippen LogP contribution in [-0.4, -0.2) is 21.9 Å². The number of hydrogen-bond donors (Lipinski definition) is 1. The van der Waals surface area contributed by atoms with Crippen molar-refractivity contribution in [3.63, 3.8) is 0 Å². The molecule has 18 heavy (non-hydrogen) atoms. The van der Waals surface area contributed by atoms with E-state index in [1.807, 2.05) is 24.3 Å². The maximum atomic E-state index is 8.73. The Hall–Kier alpha value is -1.88. The van der Waals surface area contributed by atoms with Crippen LogP contribution < -0.4 is 4.74 Å². The van der Waals surface area contributed by atoms with E-state index < -0.39 is 0 Å². The molecule has 5 heteroatoms. The van der Waals surface area contributed by atoms with E-state index >= 15 is 0 Å². The van der Waals surface area contributed by atoms with E-state index in [9.17, 15) is 0 Å². The number of ether oxygens (including phenoxy) is 1. The van der Waals surface area contributed by atoms with E-state index in [1.54, 1.807) is 0 Å². The van der Waals surface area contributed by atoms with Crippen molar-refractivity contribution in [2.45, 2.75) is 26.4 Å². The van der Waals surface area contributed by atoms with Crippen molar-refractivity contribution in [2.75, 3.05) is 6.61 Å². The summed E-state index contributed by atoms with van der Waals surface area (Å²) >= 11 is 0. The normalized spacial score (nSPS) is 10.6. The van der Waals surface area contributed by atoms with Crippen LogP contribution in [0.4, 0.5) is 0 Å². The predicted octanol–water partition coefficient (Wildman–Crippen LogP) is 1.75. The van der Waals surface area contributed by atoms with Gasteiger partial charge < -0.3 is 14.3 Å². The molecule has 96 valence electrons. The number of rotatable bonds is 6. The first-order valence-electron chi connectivity index (χ1n) is 5.95. The highest BCUT2D eigenvalue weighted by atomic mass is 16.5. The molecule has 2 rings (SSSR count). The van der Waals surface area contributed by atoms with Crippen LogP contribution in [0.1, 0.15) is 24.3 Å². The van der Waals surface area contributed by atoms with Gasteiger partial charge in [-0.2, -0.15) is 0 Å². The molecular weight excluding hydrogens is 232 g/mol. The molecule has 0 bridgehead atoms. The van der Waals surface area contributed by atoms with Gasteiger partial charge in [0.15, 0.2) is 6.61 Å². The first kappa shape index (κ1) is 12.6. The molecule has 0 unspecified atom stereocenters. The van der Waals surface area contributed by atoms with Gasteiger partial charge >= 0.3 is 0 Å². The van der Waals surface area contributed by atoms with Gasteiger partial charge in [-0.05, 0) is 24.1 Å². The Morgan fingerprint density at radius 3 is 2.56 bits per heavy atom. The molecule has 0 spiro atoms. The molecule has 0 atom stereocenters. The molecule has 1 N–H and O–H groups in total. The maximum Gasteiger partial charge on any atom is 0.253 e. The van der Waals surface area contributed by atoms with E-state index in [0.29, 0.717) is 18.2 Å². The van der Waals surface area contributed by atoms with Gasteiger partial charge in [0.05, 0.1) is 6.61 Å². The SMILES string of the molecule is CCc1ccc(OCc2nnc(CCO)o2)cc1. The largest absolute Gasteiger partial charge is 0.484 e. The van der Waals surface area contributed by atoms with E-state index in [1.165, 1.54) is 5.56 Å². The lowest BCUT2D eigenvalue weighted by molar-refractivity contribution is 0.249. The van der Waals surface area contributed by atoms with Gasteiger partial charge in [0.1, 0.15) is 5.75 Å². The highest BCUT2D eigenvalue weighted by molar-refractivity contribution is 5.27. The molecule has 1 heterocycles. The van der Waals surface area contributed by atoms with E-state index in [2.05, 4.69) is 17.1 Å². The smallest absolute Gasteiger partial charge is 0.253 e. The standard InChI is InChI=1S/C13H16N2O3/c1-2-10-3-5-11(6-4-10)17-9-13-15-14-12(18-13)7-8-16/h3-6,16H,2,7-9H2,1H3. The monoisotopic (exact) mass is 248 g/mol. The van der Waals surface area contributed by atoms with Crippen LogP contribution in [0, 0.1) is 0 Å². The predicted molar refractivity (Wildman–Crippen MR) is 65.2 cm³/mol. The quantitative estimate of drug-likeness (QED) is 0.843. The second-order valence-corrected chi connectivity index (χ2v) is 3.85. The van der Waals surface area contributed by atoms with Crippen LogP contribution in [0.15, 0.2) is 28.7 Å². The van der Waals surface area contributed by atoms with E-state index in [4.69, 9.17) is 14.3 Å². The maximum absolute atomic E-state index is 8.73. The number of aryl methyl sites for hydroxylation is 1. The number of nitrogens with zero attached hydrogens (tertiary/aromatic N) is 2. The zero-order chi connectivity index (χ0) is 12.8. The molecule has 1 aromatic heterocycles. The van der Waals surface area contributed by atoms with Gasteiger partial charge in [0.2, 0.25) is 5.89 Å². The summed E-state index contributed by atoms with van der Waals surface area (Å²) in [5, 5.41) is 16.3. The second-order valence-electron chi connectivity index (χ2n) is 3.85. The molecule has 0 amide bonds. The minimum absolute atomic E-state index is 0.000963. The Bertz CT molecular complexity index is 479. The molecule has 0 saturated heterocycles. The summed E-state index contributed by atoms with van der Waals surface area (Å²) in [7, 11) is 0. The Morgan fingerprint density at radius 1 is 1.17 bits per heavy atom. The van der Waals surface area contributed by atoms with Gasteiger partial charge in [-0.3, -0.25) is 0 Å². The average molecular weight is 248 g/mol. The number of hydrogen-bond acceptors (Lipinski definition) is 5. The highest BCUT2D eigenvalue weighted by Crippen LogP contribution is 2.14. The Balaban J connectivity index is 1.89. The number of aliphatic hydroxyl groups excluding tert-OH is 1. The Kier molecular flexibility index (Phi) is 4.30. The molecule has 0 fully saturated rings. The van der Waals surface area contributed by atoms with Gasteiger partial charge in [0.25, 0.3) is 5.89 Å². The van der Waals surface area contributed by atoms with Crippen molar-refractivity contribution in [1.29, 1.82) is 0 Å². The molecular formula is C13H16N2O3. The number of aliphatic hydroxyl groups is 1. The number of benzene rings is 1. The Labute approximate surface area is 105 Å². The zero-order valence-electron chi connectivity index (χ0n) is 10.3. The van der Waals surface area contributed by atoms with Crippen molar-refractivity contribution >= 4 is 0 Å². The third kappa shape index (κ3) is 3.30. The summed E-state index contributed by atoms with van der Waals surface area (Å²) < 4.78 is 10.8. The summed E-state index contributed by atoms with van der Waals surface area (Å²) in [6.45, 7) is 2.35. The molecule has 0 aliphatic rings. The number of aromatic nitrogens is 2. The van der Waals surface area contributed by atoms with Gasteiger partial charge in [0, 0.05) is 6.42 Å². The summed E-state index contributed by atoms with van der Waals surface area (Å²) in [6, 6.07) is 7.90. The lowest BCUT2D eigenvalue weighted by Crippen LogP contribution is -1.95. The van der Waals surface area contributed by atoms with Crippen molar-refractivity contribution in [1.82, 2.24) is 10.2 Å². The molecule has 0 saturated carbocycles. The first-order valence-corrected chi connectivity index (χ1v) is 5.95. The lowest BCUT2D eigenvalue weighted by Gasteiger charge is -2.03. The van der Waals surface area contributed by atoms with E-state index in [0.717, 1.165) is 12.2 Å². The minimum Gasteiger partial charge on any atom is -0.484 e. The summed E-state index contributed by atoms with van der Waals surface area (Å²) in [6.07, 6.45) is 1.38. The third-order valence-electron chi connectivity index (χ3n) is 2.53. The summed E-state index contributed by atoms with van der Waals surface area (Å²) in [5.41, 5.74) is 1.27. The molecule has 0 aliphatic heterocycles. The van der Waals surface area contributed by atoms with Gasteiger partial charge in [-0.25, -0.2) is 0 Å². The van der Waals surface area contributed by atoms with Crippen LogP contribution in [-0.2, 0) is 19.4 Å². The van der Waals surface area contributed by atoms with Crippen molar-refractivity contribution < 1.29 is 14.3 Å². The average Bonchev–Trinajstić information content (AvgIpc) is 2.85. The fourth-order valence-electron chi connectivity index (χ4n) is 1.51. The molecule has 1 aromatic carbocycles. The van der Waals surface area contributed by atoms with E-state index in [-0.39, 0.29) is 13.2 Å². The van der Waals surface area contributed by atoms with Crippen molar-refractivity contribution in [2.24, 2.45) is 0 Å². The van der Waals surface area contributed by atoms with Crippen molar-refractivity contribution in [3.8, 4) is 5.75 Å². The van der Waals surface area contributed by atoms with Crippen LogP contribution >= 0.6 is 0 Å². The molecule has 0 aliphatic carbocycles. The van der Waals surface area contributed by atoms with Gasteiger partial charge in [-0.15, -0.1) is 10.2 Å². The second kappa shape index (κ2) is 6.16. The fourth-order valence-corrected chi connectivity index (χ4v) is 1.51. The lowest BCUT2D eigenvalue weighted by atomic mass is 10.2. The third-order valence-corrected chi connectivity index (χ3v) is 2.53. The molecule has 5 nitrogen and oxygen atoms in total. The van der Waals surface area contributed by atoms with Crippen LogP contribution in [0.5, 0.6) is 5.75 Å². The first-order chi connectivity index (χ1) is 8.81. The van der Waals surface area contributed by atoms with Crippen LogP contribution in [0.2, 0.25) is 0 Å². The van der Waals surface area contributed by atoms with Crippen molar-refractivity contribution in [3.05, 3.63) is 41.6 Å². The molecule has 0 radical (unpaired) electrons. The highest BCUT2D eigenvalue weighted by Gasteiger charge is 2.06.